The molecule has 0 amide bonds. The van der Waals surface area contributed by atoms with Crippen LogP contribution in [0.1, 0.15) is 0 Å². The summed E-state index contributed by atoms with van der Waals surface area (Å²) in [5.74, 6) is -5.20. The van der Waals surface area contributed by atoms with Crippen molar-refractivity contribution >= 4 is 23.9 Å². The van der Waals surface area contributed by atoms with Crippen LogP contribution in [-0.4, -0.2) is 87.0 Å². The molecule has 140 valence electrons. The minimum Gasteiger partial charge on any atom is -0.480 e. The third kappa shape index (κ3) is 19.6. The number of aliphatic carboxylic acids is 4. The number of nitrogens with zero attached hydrogens (tertiary/aromatic N) is 2. The molecular weight excluding hydrogens is 320 g/mol. The van der Waals surface area contributed by atoms with Crippen molar-refractivity contribution in [1.82, 2.24) is 34.4 Å². The van der Waals surface area contributed by atoms with Gasteiger partial charge in [-0.1, -0.05) is 0 Å². The highest BCUT2D eigenvalue weighted by molar-refractivity contribution is 5.73. The lowest BCUT2D eigenvalue weighted by Crippen LogP contribution is -2.46. The SMILES string of the molecule is N.N.N.N.O=C(O)CN(CC(=O)O)CN(CC(=O)O)CC(=O)O. The summed E-state index contributed by atoms with van der Waals surface area (Å²) in [5, 5.41) is 34.4. The van der Waals surface area contributed by atoms with Gasteiger partial charge in [-0.15, -0.1) is 0 Å². The van der Waals surface area contributed by atoms with Gasteiger partial charge in [-0.2, -0.15) is 0 Å². The molecule has 0 rings (SSSR count). The first-order chi connectivity index (χ1) is 8.70. The molecule has 0 saturated carbocycles. The number of carbonyl (C=O) groups is 4. The van der Waals surface area contributed by atoms with Crippen LogP contribution in [-0.2, 0) is 19.2 Å². The van der Waals surface area contributed by atoms with Crippen molar-refractivity contribution in [1.29, 1.82) is 0 Å². The molecule has 0 aliphatic heterocycles. The van der Waals surface area contributed by atoms with Gasteiger partial charge in [0.15, 0.2) is 0 Å². The van der Waals surface area contributed by atoms with Crippen LogP contribution in [0.4, 0.5) is 0 Å². The van der Waals surface area contributed by atoms with E-state index in [0.29, 0.717) is 0 Å². The van der Waals surface area contributed by atoms with Crippen LogP contribution in [0.2, 0.25) is 0 Å². The van der Waals surface area contributed by atoms with Gasteiger partial charge in [-0.05, 0) is 0 Å². The Bertz CT molecular complexity index is 313. The van der Waals surface area contributed by atoms with Gasteiger partial charge < -0.3 is 45.0 Å². The fourth-order valence-electron chi connectivity index (χ4n) is 1.36. The Morgan fingerprint density at radius 3 is 0.826 bits per heavy atom. The zero-order chi connectivity index (χ0) is 15.0. The number of hydrogen-bond acceptors (Lipinski definition) is 10. The van der Waals surface area contributed by atoms with Crippen molar-refractivity contribution in [2.45, 2.75) is 0 Å². The van der Waals surface area contributed by atoms with E-state index in [-0.39, 0.29) is 24.6 Å². The molecule has 14 heteroatoms. The third-order valence-electron chi connectivity index (χ3n) is 1.84. The van der Waals surface area contributed by atoms with Crippen molar-refractivity contribution in [3.05, 3.63) is 0 Å². The predicted molar refractivity (Wildman–Crippen MR) is 78.6 cm³/mol. The average molecular weight is 346 g/mol. The Morgan fingerprint density at radius 1 is 0.522 bits per heavy atom. The molecule has 0 saturated heterocycles. The summed E-state index contributed by atoms with van der Waals surface area (Å²) < 4.78 is 0. The van der Waals surface area contributed by atoms with Crippen LogP contribution in [0.5, 0.6) is 0 Å². The molecular formula is C9H26N6O8. The molecule has 0 atom stereocenters. The minimum atomic E-state index is -1.30. The number of carboxylic acid groups (broad SMARTS) is 4. The highest BCUT2D eigenvalue weighted by Crippen LogP contribution is 1.96. The predicted octanol–water partition coefficient (Wildman–Crippen LogP) is -1.47. The molecule has 0 unspecified atom stereocenters. The number of carboxylic acids is 4. The van der Waals surface area contributed by atoms with Gasteiger partial charge in [-0.25, -0.2) is 0 Å². The van der Waals surface area contributed by atoms with Crippen LogP contribution in [0, 0.1) is 0 Å². The van der Waals surface area contributed by atoms with Gasteiger partial charge in [0.1, 0.15) is 0 Å². The Labute approximate surface area is 132 Å². The average Bonchev–Trinajstić information content (AvgIpc) is 2.11. The Morgan fingerprint density at radius 2 is 0.696 bits per heavy atom. The van der Waals surface area contributed by atoms with Crippen molar-refractivity contribution in [2.75, 3.05) is 32.8 Å². The van der Waals surface area contributed by atoms with Gasteiger partial charge in [0.25, 0.3) is 0 Å². The zero-order valence-electron chi connectivity index (χ0n) is 12.7. The molecule has 0 bridgehead atoms. The van der Waals surface area contributed by atoms with Crippen LogP contribution in [0.15, 0.2) is 0 Å². The van der Waals surface area contributed by atoms with Gasteiger partial charge in [0.05, 0.1) is 32.8 Å². The Hall–Kier alpha value is -2.36. The summed E-state index contributed by atoms with van der Waals surface area (Å²) in [7, 11) is 0. The maximum absolute atomic E-state index is 10.5. The smallest absolute Gasteiger partial charge is 0.317 e. The number of hydrogen-bond donors (Lipinski definition) is 8. The molecule has 0 aliphatic carbocycles. The summed E-state index contributed by atoms with van der Waals surface area (Å²) in [4.78, 5) is 44.0. The van der Waals surface area contributed by atoms with Crippen molar-refractivity contribution in [2.24, 2.45) is 0 Å². The van der Waals surface area contributed by atoms with E-state index < -0.39 is 56.7 Å². The molecule has 0 aliphatic rings. The van der Waals surface area contributed by atoms with E-state index in [4.69, 9.17) is 20.4 Å². The second kappa shape index (κ2) is 16.0. The maximum atomic E-state index is 10.5. The fraction of sp³-hybridized carbons (Fsp3) is 0.556. The molecule has 16 N–H and O–H groups in total. The van der Waals surface area contributed by atoms with Crippen molar-refractivity contribution in [3.63, 3.8) is 0 Å². The quantitative estimate of drug-likeness (QED) is 0.209. The van der Waals surface area contributed by atoms with E-state index >= 15 is 0 Å². The highest BCUT2D eigenvalue weighted by Gasteiger charge is 2.20. The van der Waals surface area contributed by atoms with E-state index in [1.165, 1.54) is 0 Å². The van der Waals surface area contributed by atoms with E-state index in [2.05, 4.69) is 0 Å². The topological polar surface area (TPSA) is 296 Å². The molecule has 23 heavy (non-hydrogen) atoms. The van der Waals surface area contributed by atoms with Gasteiger partial charge >= 0.3 is 23.9 Å². The normalized spacial score (nSPS) is 8.78. The molecule has 0 spiro atoms. The van der Waals surface area contributed by atoms with Gasteiger partial charge in [0, 0.05) is 0 Å². The van der Waals surface area contributed by atoms with Crippen molar-refractivity contribution < 1.29 is 39.6 Å². The molecule has 14 nitrogen and oxygen atoms in total. The van der Waals surface area contributed by atoms with Crippen molar-refractivity contribution in [3.8, 4) is 0 Å². The summed E-state index contributed by atoms with van der Waals surface area (Å²) in [5.41, 5.74) is 0. The molecule has 0 radical (unpaired) electrons. The van der Waals surface area contributed by atoms with Gasteiger partial charge in [0.2, 0.25) is 0 Å². The summed E-state index contributed by atoms with van der Waals surface area (Å²) in [6.45, 7) is -2.94. The van der Waals surface area contributed by atoms with E-state index in [0.717, 1.165) is 9.80 Å². The number of rotatable bonds is 10. The first-order valence-corrected chi connectivity index (χ1v) is 5.02. The summed E-state index contributed by atoms with van der Waals surface area (Å²) in [6.07, 6.45) is 0. The standard InChI is InChI=1S/C9H14N2O8.4H3N/c12-6(13)1-10(2-7(14)15)5-11(3-8(16)17)4-9(18)19;;;;/h1-5H2,(H,12,13)(H,14,15)(H,16,17)(H,18,19);4*1H3. The summed E-state index contributed by atoms with van der Waals surface area (Å²) >= 11 is 0. The minimum absolute atomic E-state index is 0. The highest BCUT2D eigenvalue weighted by atomic mass is 16.4. The van der Waals surface area contributed by atoms with Crippen LogP contribution >= 0.6 is 0 Å². The van der Waals surface area contributed by atoms with Crippen LogP contribution in [0.25, 0.3) is 0 Å². The molecule has 0 aromatic carbocycles. The molecule has 0 heterocycles. The third-order valence-corrected chi connectivity index (χ3v) is 1.84. The first kappa shape index (κ1) is 32.5. The second-order valence-corrected chi connectivity index (χ2v) is 3.69. The van der Waals surface area contributed by atoms with E-state index in [1.54, 1.807) is 0 Å². The maximum Gasteiger partial charge on any atom is 0.317 e. The lowest BCUT2D eigenvalue weighted by atomic mass is 10.4. The van der Waals surface area contributed by atoms with Crippen LogP contribution in [0.3, 0.4) is 0 Å². The lowest BCUT2D eigenvalue weighted by molar-refractivity contribution is -0.144. The first-order valence-electron chi connectivity index (χ1n) is 5.02. The second-order valence-electron chi connectivity index (χ2n) is 3.69. The zero-order valence-corrected chi connectivity index (χ0v) is 12.7. The Balaban J connectivity index is -0.000000270. The monoisotopic (exact) mass is 346 g/mol. The van der Waals surface area contributed by atoms with E-state index in [9.17, 15) is 19.2 Å². The fourth-order valence-corrected chi connectivity index (χ4v) is 1.36. The van der Waals surface area contributed by atoms with E-state index in [1.807, 2.05) is 0 Å². The summed E-state index contributed by atoms with van der Waals surface area (Å²) in [6, 6.07) is 0. The molecule has 0 fully saturated rings. The largest absolute Gasteiger partial charge is 0.480 e. The lowest BCUT2D eigenvalue weighted by Gasteiger charge is -2.25. The Kier molecular flexibility index (Phi) is 22.7. The van der Waals surface area contributed by atoms with Gasteiger partial charge in [-0.3, -0.25) is 29.0 Å². The van der Waals surface area contributed by atoms with Crippen LogP contribution < -0.4 is 24.6 Å². The molecule has 0 aromatic heterocycles. The molecule has 0 aromatic rings.